The van der Waals surface area contributed by atoms with Crippen LogP contribution in [0.25, 0.3) is 0 Å². The van der Waals surface area contributed by atoms with Gasteiger partial charge in [-0.05, 0) is 28.1 Å². The van der Waals surface area contributed by atoms with E-state index >= 15 is 0 Å². The van der Waals surface area contributed by atoms with Crippen molar-refractivity contribution >= 4 is 33.5 Å². The first-order chi connectivity index (χ1) is 7.91. The van der Waals surface area contributed by atoms with Gasteiger partial charge < -0.3 is 10.4 Å². The van der Waals surface area contributed by atoms with E-state index in [9.17, 15) is 9.59 Å². The minimum Gasteiger partial charge on any atom is -0.481 e. The Bertz CT molecular complexity index is 419. The molecule has 0 aliphatic heterocycles. The molecule has 1 aromatic heterocycles. The highest BCUT2D eigenvalue weighted by Crippen LogP contribution is 2.15. The minimum absolute atomic E-state index is 0.330. The maximum atomic E-state index is 11.7. The molecule has 2 unspecified atom stereocenters. The van der Waals surface area contributed by atoms with E-state index in [1.807, 2.05) is 0 Å². The molecule has 0 spiro atoms. The van der Waals surface area contributed by atoms with Crippen molar-refractivity contribution in [3.05, 3.63) is 22.9 Å². The summed E-state index contributed by atoms with van der Waals surface area (Å²) in [7, 11) is 0. The summed E-state index contributed by atoms with van der Waals surface area (Å²) in [5.41, 5.74) is 0.544. The van der Waals surface area contributed by atoms with Gasteiger partial charge in [0.25, 0.3) is 0 Å². The van der Waals surface area contributed by atoms with Crippen molar-refractivity contribution in [3.63, 3.8) is 0 Å². The lowest BCUT2D eigenvalue weighted by atomic mass is 9.95. The Kier molecular flexibility index (Phi) is 4.62. The number of hydrogen-bond donors (Lipinski definition) is 2. The number of amides is 1. The molecule has 92 valence electrons. The third-order valence-electron chi connectivity index (χ3n) is 2.55. The van der Waals surface area contributed by atoms with E-state index in [1.165, 1.54) is 13.1 Å². The summed E-state index contributed by atoms with van der Waals surface area (Å²) < 4.78 is 0.669. The summed E-state index contributed by atoms with van der Waals surface area (Å²) in [6.07, 6.45) is 1.50. The Morgan fingerprint density at radius 3 is 2.47 bits per heavy atom. The number of carboxylic acids is 1. The number of carbonyl (C=O) groups is 2. The highest BCUT2D eigenvalue weighted by Gasteiger charge is 2.25. The largest absolute Gasteiger partial charge is 0.481 e. The van der Waals surface area contributed by atoms with Crippen LogP contribution in [0.15, 0.2) is 22.9 Å². The molecule has 0 fully saturated rings. The average molecular weight is 301 g/mol. The fraction of sp³-hybridized carbons (Fsp3) is 0.364. The normalized spacial score (nSPS) is 13.8. The first-order valence-corrected chi connectivity index (χ1v) is 5.86. The Morgan fingerprint density at radius 2 is 2.00 bits per heavy atom. The molecule has 5 nitrogen and oxygen atoms in total. The summed E-state index contributed by atoms with van der Waals surface area (Å²) in [6.45, 7) is 3.09. The number of aliphatic carboxylic acids is 1. The van der Waals surface area contributed by atoms with Gasteiger partial charge in [-0.2, -0.15) is 0 Å². The second-order valence-electron chi connectivity index (χ2n) is 3.77. The van der Waals surface area contributed by atoms with E-state index in [1.54, 1.807) is 19.1 Å². The number of anilines is 1. The van der Waals surface area contributed by atoms with Crippen LogP contribution < -0.4 is 5.32 Å². The number of carbonyl (C=O) groups excluding carboxylic acids is 1. The predicted molar refractivity (Wildman–Crippen MR) is 66.5 cm³/mol. The fourth-order valence-corrected chi connectivity index (χ4v) is 1.38. The van der Waals surface area contributed by atoms with Crippen LogP contribution in [0.1, 0.15) is 13.8 Å². The molecule has 0 saturated carbocycles. The van der Waals surface area contributed by atoms with Crippen molar-refractivity contribution in [1.82, 2.24) is 4.98 Å². The molecule has 6 heteroatoms. The second-order valence-corrected chi connectivity index (χ2v) is 4.59. The van der Waals surface area contributed by atoms with Gasteiger partial charge in [0, 0.05) is 5.92 Å². The molecular weight excluding hydrogens is 288 g/mol. The van der Waals surface area contributed by atoms with Gasteiger partial charge >= 0.3 is 5.97 Å². The molecule has 0 bridgehead atoms. The van der Waals surface area contributed by atoms with E-state index < -0.39 is 17.8 Å². The van der Waals surface area contributed by atoms with Gasteiger partial charge in [-0.3, -0.25) is 9.59 Å². The van der Waals surface area contributed by atoms with Crippen LogP contribution in [0.5, 0.6) is 0 Å². The molecule has 0 aliphatic carbocycles. The molecule has 1 aromatic rings. The van der Waals surface area contributed by atoms with Gasteiger partial charge in [-0.25, -0.2) is 4.98 Å². The molecular formula is C11H13BrN2O3. The fourth-order valence-electron chi connectivity index (χ4n) is 1.15. The number of rotatable bonds is 4. The van der Waals surface area contributed by atoms with E-state index in [2.05, 4.69) is 26.2 Å². The first-order valence-electron chi connectivity index (χ1n) is 5.07. The molecule has 0 saturated heterocycles. The van der Waals surface area contributed by atoms with Crippen molar-refractivity contribution in [1.29, 1.82) is 0 Å². The van der Waals surface area contributed by atoms with E-state index in [4.69, 9.17) is 5.11 Å². The van der Waals surface area contributed by atoms with Crippen LogP contribution in [0, 0.1) is 11.8 Å². The van der Waals surface area contributed by atoms with E-state index in [0.717, 1.165) is 0 Å². The zero-order valence-electron chi connectivity index (χ0n) is 9.48. The van der Waals surface area contributed by atoms with Crippen LogP contribution >= 0.6 is 15.9 Å². The van der Waals surface area contributed by atoms with Gasteiger partial charge in [0.15, 0.2) is 0 Å². The number of aromatic nitrogens is 1. The summed E-state index contributed by atoms with van der Waals surface area (Å²) in [6, 6.07) is 3.38. The van der Waals surface area contributed by atoms with Crippen molar-refractivity contribution in [2.24, 2.45) is 11.8 Å². The number of nitrogens with one attached hydrogen (secondary N) is 1. The standard InChI is InChI=1S/C11H13BrN2O3/c1-6(7(2)11(16)17)10(15)14-8-3-4-9(12)13-5-8/h3-7H,1-2H3,(H,14,15)(H,16,17). The zero-order chi connectivity index (χ0) is 13.0. The number of halogens is 1. The third-order valence-corrected chi connectivity index (χ3v) is 3.02. The number of nitrogens with zero attached hydrogens (tertiary/aromatic N) is 1. The van der Waals surface area contributed by atoms with Gasteiger partial charge in [-0.1, -0.05) is 13.8 Å². The summed E-state index contributed by atoms with van der Waals surface area (Å²) in [5, 5.41) is 11.4. The third kappa shape index (κ3) is 3.81. The van der Waals surface area contributed by atoms with Crippen molar-refractivity contribution in [2.75, 3.05) is 5.32 Å². The maximum Gasteiger partial charge on any atom is 0.307 e. The van der Waals surface area contributed by atoms with Gasteiger partial charge in [-0.15, -0.1) is 0 Å². The topological polar surface area (TPSA) is 79.3 Å². The lowest BCUT2D eigenvalue weighted by Crippen LogP contribution is -2.29. The molecule has 0 radical (unpaired) electrons. The monoisotopic (exact) mass is 300 g/mol. The SMILES string of the molecule is CC(C(=O)O)C(C)C(=O)Nc1ccc(Br)nc1. The Hall–Kier alpha value is -1.43. The van der Waals surface area contributed by atoms with Gasteiger partial charge in [0.2, 0.25) is 5.91 Å². The van der Waals surface area contributed by atoms with Crippen molar-refractivity contribution in [3.8, 4) is 0 Å². The summed E-state index contributed by atoms with van der Waals surface area (Å²) in [5.74, 6) is -2.64. The number of carboxylic acid groups (broad SMARTS) is 1. The zero-order valence-corrected chi connectivity index (χ0v) is 11.1. The lowest BCUT2D eigenvalue weighted by Gasteiger charge is -2.15. The predicted octanol–water partition coefficient (Wildman–Crippen LogP) is 2.14. The van der Waals surface area contributed by atoms with Crippen molar-refractivity contribution in [2.45, 2.75) is 13.8 Å². The van der Waals surface area contributed by atoms with Gasteiger partial charge in [0.05, 0.1) is 17.8 Å². The number of pyridine rings is 1. The average Bonchev–Trinajstić information content (AvgIpc) is 2.30. The molecule has 1 rings (SSSR count). The molecule has 2 N–H and O–H groups in total. The highest BCUT2D eigenvalue weighted by atomic mass is 79.9. The highest BCUT2D eigenvalue weighted by molar-refractivity contribution is 9.10. The van der Waals surface area contributed by atoms with Crippen LogP contribution in [0.3, 0.4) is 0 Å². The molecule has 2 atom stereocenters. The smallest absolute Gasteiger partial charge is 0.307 e. The van der Waals surface area contributed by atoms with Crippen LogP contribution in [0.2, 0.25) is 0 Å². The van der Waals surface area contributed by atoms with Crippen LogP contribution in [-0.2, 0) is 9.59 Å². The molecule has 1 amide bonds. The lowest BCUT2D eigenvalue weighted by molar-refractivity contribution is -0.145. The molecule has 0 aliphatic rings. The minimum atomic E-state index is -0.985. The van der Waals surface area contributed by atoms with Crippen LogP contribution in [0.4, 0.5) is 5.69 Å². The molecule has 17 heavy (non-hydrogen) atoms. The maximum absolute atomic E-state index is 11.7. The first kappa shape index (κ1) is 13.6. The Morgan fingerprint density at radius 1 is 1.35 bits per heavy atom. The van der Waals surface area contributed by atoms with E-state index in [0.29, 0.717) is 10.3 Å². The quantitative estimate of drug-likeness (QED) is 0.835. The molecule has 1 heterocycles. The van der Waals surface area contributed by atoms with Crippen molar-refractivity contribution < 1.29 is 14.7 Å². The Labute approximate surface area is 107 Å². The van der Waals surface area contributed by atoms with Gasteiger partial charge in [0.1, 0.15) is 4.60 Å². The summed E-state index contributed by atoms with van der Waals surface area (Å²) in [4.78, 5) is 26.4. The van der Waals surface area contributed by atoms with E-state index in [-0.39, 0.29) is 5.91 Å². The summed E-state index contributed by atoms with van der Waals surface area (Å²) >= 11 is 3.18. The molecule has 0 aromatic carbocycles. The number of hydrogen-bond acceptors (Lipinski definition) is 3. The van der Waals surface area contributed by atoms with Crippen LogP contribution in [-0.4, -0.2) is 22.0 Å². The Balaban J connectivity index is 2.66. The second kappa shape index (κ2) is 5.77.